The zero-order valence-corrected chi connectivity index (χ0v) is 17.3. The van der Waals surface area contributed by atoms with Crippen LogP contribution in [-0.4, -0.2) is 16.8 Å². The summed E-state index contributed by atoms with van der Waals surface area (Å²) in [5, 5.41) is 13.4. The van der Waals surface area contributed by atoms with Crippen molar-refractivity contribution in [3.63, 3.8) is 0 Å². The van der Waals surface area contributed by atoms with E-state index in [1.807, 2.05) is 42.5 Å². The predicted octanol–water partition coefficient (Wildman–Crippen LogP) is 5.73. The molecule has 1 amide bonds. The molecule has 7 heteroatoms. The van der Waals surface area contributed by atoms with Crippen LogP contribution in [0.15, 0.2) is 103 Å². The number of ether oxygens (including phenoxy) is 1. The number of nitro benzene ring substituents is 1. The maximum absolute atomic E-state index is 12.5. The molecule has 0 atom stereocenters. The highest BCUT2D eigenvalue weighted by molar-refractivity contribution is 6.04. The largest absolute Gasteiger partial charge is 0.423 e. The Morgan fingerprint density at radius 1 is 0.727 bits per heavy atom. The third-order valence-electron chi connectivity index (χ3n) is 4.87. The number of rotatable bonds is 6. The van der Waals surface area contributed by atoms with Crippen molar-refractivity contribution in [2.24, 2.45) is 0 Å². The number of nitrogens with one attached hydrogen (secondary N) is 1. The van der Waals surface area contributed by atoms with E-state index in [4.69, 9.17) is 4.74 Å². The summed E-state index contributed by atoms with van der Waals surface area (Å²) < 4.78 is 5.45. The fourth-order valence-electron chi connectivity index (χ4n) is 3.17. The van der Waals surface area contributed by atoms with Crippen molar-refractivity contribution in [2.45, 2.75) is 0 Å². The quantitative estimate of drug-likeness (QED) is 0.179. The smallest absolute Gasteiger partial charge is 0.343 e. The maximum atomic E-state index is 12.5. The number of carbonyl (C=O) groups excluding carboxylic acids is 2. The van der Waals surface area contributed by atoms with Gasteiger partial charge in [-0.15, -0.1) is 0 Å². The number of nitro groups is 1. The first kappa shape index (κ1) is 21.5. The Bertz CT molecular complexity index is 1300. The van der Waals surface area contributed by atoms with Gasteiger partial charge in [0.05, 0.1) is 10.5 Å². The lowest BCUT2D eigenvalue weighted by Crippen LogP contribution is -2.12. The van der Waals surface area contributed by atoms with Gasteiger partial charge >= 0.3 is 5.97 Å². The lowest BCUT2D eigenvalue weighted by atomic mass is 10.0. The highest BCUT2D eigenvalue weighted by Crippen LogP contribution is 2.22. The van der Waals surface area contributed by atoms with Crippen molar-refractivity contribution in [2.75, 3.05) is 5.32 Å². The van der Waals surface area contributed by atoms with Crippen LogP contribution in [0.4, 0.5) is 11.4 Å². The van der Waals surface area contributed by atoms with Crippen molar-refractivity contribution >= 4 is 23.3 Å². The van der Waals surface area contributed by atoms with E-state index in [-0.39, 0.29) is 17.0 Å². The molecule has 0 heterocycles. The van der Waals surface area contributed by atoms with E-state index >= 15 is 0 Å². The molecule has 33 heavy (non-hydrogen) atoms. The van der Waals surface area contributed by atoms with Crippen molar-refractivity contribution in [1.82, 2.24) is 0 Å². The van der Waals surface area contributed by atoms with Crippen molar-refractivity contribution < 1.29 is 19.2 Å². The van der Waals surface area contributed by atoms with E-state index in [2.05, 4.69) is 5.32 Å². The van der Waals surface area contributed by atoms with Gasteiger partial charge in [-0.2, -0.15) is 0 Å². The molecule has 7 nitrogen and oxygen atoms in total. The van der Waals surface area contributed by atoms with Crippen LogP contribution >= 0.6 is 0 Å². The third kappa shape index (κ3) is 5.29. The molecule has 0 bridgehead atoms. The van der Waals surface area contributed by atoms with Crippen LogP contribution < -0.4 is 10.1 Å². The fourth-order valence-corrected chi connectivity index (χ4v) is 3.17. The predicted molar refractivity (Wildman–Crippen MR) is 124 cm³/mol. The Morgan fingerprint density at radius 2 is 1.36 bits per heavy atom. The Hall–Kier alpha value is -4.78. The van der Waals surface area contributed by atoms with E-state index in [1.165, 1.54) is 30.3 Å². The number of nitrogens with zero attached hydrogens (tertiary/aromatic N) is 1. The Kier molecular flexibility index (Phi) is 6.22. The molecule has 0 spiro atoms. The molecular formula is C26H18N2O5. The number of anilines is 1. The summed E-state index contributed by atoms with van der Waals surface area (Å²) in [4.78, 5) is 35.2. The summed E-state index contributed by atoms with van der Waals surface area (Å²) in [7, 11) is 0. The molecule has 0 saturated carbocycles. The minimum atomic E-state index is -0.533. The normalized spacial score (nSPS) is 10.3. The molecule has 0 aliphatic rings. The van der Waals surface area contributed by atoms with Crippen LogP contribution in [0.5, 0.6) is 5.75 Å². The summed E-state index contributed by atoms with van der Waals surface area (Å²) >= 11 is 0. The fraction of sp³-hybridized carbons (Fsp3) is 0. The van der Waals surface area contributed by atoms with E-state index in [9.17, 15) is 19.7 Å². The highest BCUT2D eigenvalue weighted by Gasteiger charge is 2.12. The number of carbonyl (C=O) groups is 2. The number of hydrogen-bond acceptors (Lipinski definition) is 5. The topological polar surface area (TPSA) is 98.5 Å². The molecule has 0 aliphatic heterocycles. The van der Waals surface area contributed by atoms with Crippen LogP contribution in [0.3, 0.4) is 0 Å². The van der Waals surface area contributed by atoms with Gasteiger partial charge in [-0.05, 0) is 47.5 Å². The van der Waals surface area contributed by atoms with Gasteiger partial charge in [0.15, 0.2) is 0 Å². The first-order valence-electron chi connectivity index (χ1n) is 10.0. The van der Waals surface area contributed by atoms with E-state index in [1.54, 1.807) is 30.3 Å². The van der Waals surface area contributed by atoms with Crippen molar-refractivity contribution in [3.05, 3.63) is 124 Å². The molecule has 1 N–H and O–H groups in total. The molecule has 162 valence electrons. The second-order valence-electron chi connectivity index (χ2n) is 7.12. The van der Waals surface area contributed by atoms with Gasteiger partial charge < -0.3 is 10.1 Å². The van der Waals surface area contributed by atoms with Gasteiger partial charge in [0, 0.05) is 29.4 Å². The summed E-state index contributed by atoms with van der Waals surface area (Å²) in [6.07, 6.45) is 0. The zero-order chi connectivity index (χ0) is 23.2. The van der Waals surface area contributed by atoms with Crippen LogP contribution in [0.2, 0.25) is 0 Å². The summed E-state index contributed by atoms with van der Waals surface area (Å²) in [5.74, 6) is -0.688. The highest BCUT2D eigenvalue weighted by atomic mass is 16.6. The summed E-state index contributed by atoms with van der Waals surface area (Å²) in [5.41, 5.74) is 3.02. The van der Waals surface area contributed by atoms with Crippen LogP contribution in [0, 0.1) is 10.1 Å². The van der Waals surface area contributed by atoms with Gasteiger partial charge in [-0.3, -0.25) is 14.9 Å². The maximum Gasteiger partial charge on any atom is 0.343 e. The Morgan fingerprint density at radius 3 is 2.03 bits per heavy atom. The molecule has 0 unspecified atom stereocenters. The average Bonchev–Trinajstić information content (AvgIpc) is 2.85. The minimum Gasteiger partial charge on any atom is -0.423 e. The van der Waals surface area contributed by atoms with Gasteiger partial charge in [-0.25, -0.2) is 4.79 Å². The first-order chi connectivity index (χ1) is 16.0. The van der Waals surface area contributed by atoms with Gasteiger partial charge in [0.25, 0.3) is 11.6 Å². The molecule has 0 fully saturated rings. The molecule has 0 aliphatic carbocycles. The summed E-state index contributed by atoms with van der Waals surface area (Å²) in [6, 6.07) is 28.6. The summed E-state index contributed by atoms with van der Waals surface area (Å²) in [6.45, 7) is 0. The number of esters is 1. The lowest BCUT2D eigenvalue weighted by Gasteiger charge is -2.09. The number of hydrogen-bond donors (Lipinski definition) is 1. The van der Waals surface area contributed by atoms with Crippen LogP contribution in [0.25, 0.3) is 11.1 Å². The molecule has 4 aromatic rings. The molecule has 0 radical (unpaired) electrons. The van der Waals surface area contributed by atoms with Crippen molar-refractivity contribution in [1.29, 1.82) is 0 Å². The standard InChI is InChI=1S/C26H18N2O5/c29-25(20-13-15-23(16-14-20)28(31)32)27-22-7-4-8-24(17-22)33-26(30)21-11-9-19(10-12-21)18-5-2-1-3-6-18/h1-17H,(H,27,29). The number of amides is 1. The lowest BCUT2D eigenvalue weighted by molar-refractivity contribution is -0.384. The zero-order valence-electron chi connectivity index (χ0n) is 17.3. The second-order valence-corrected chi connectivity index (χ2v) is 7.12. The first-order valence-corrected chi connectivity index (χ1v) is 10.0. The van der Waals surface area contributed by atoms with E-state index in [0.717, 1.165) is 11.1 Å². The van der Waals surface area contributed by atoms with Crippen LogP contribution in [0.1, 0.15) is 20.7 Å². The Balaban J connectivity index is 1.41. The second kappa shape index (κ2) is 9.57. The third-order valence-corrected chi connectivity index (χ3v) is 4.87. The molecular weight excluding hydrogens is 420 g/mol. The van der Waals surface area contributed by atoms with E-state index < -0.39 is 16.8 Å². The number of non-ortho nitro benzene ring substituents is 1. The SMILES string of the molecule is O=C(Nc1cccc(OC(=O)c2ccc(-c3ccccc3)cc2)c1)c1ccc([N+](=O)[O-])cc1. The van der Waals surface area contributed by atoms with Gasteiger partial charge in [0.1, 0.15) is 5.75 Å². The Labute approximate surface area is 189 Å². The number of benzene rings is 4. The van der Waals surface area contributed by atoms with Gasteiger partial charge in [-0.1, -0.05) is 48.5 Å². The van der Waals surface area contributed by atoms with Crippen molar-refractivity contribution in [3.8, 4) is 16.9 Å². The minimum absolute atomic E-state index is 0.0998. The van der Waals surface area contributed by atoms with E-state index in [0.29, 0.717) is 11.3 Å². The molecule has 0 saturated heterocycles. The van der Waals surface area contributed by atoms with Crippen LogP contribution in [-0.2, 0) is 0 Å². The molecule has 0 aromatic heterocycles. The average molecular weight is 438 g/mol. The molecule has 4 aromatic carbocycles. The van der Waals surface area contributed by atoms with Gasteiger partial charge in [0.2, 0.25) is 0 Å². The molecule has 4 rings (SSSR count). The monoisotopic (exact) mass is 438 g/mol.